The van der Waals surface area contributed by atoms with Crippen molar-refractivity contribution >= 4 is 0 Å². The summed E-state index contributed by atoms with van der Waals surface area (Å²) in [5.41, 5.74) is 3.31. The second-order valence-corrected chi connectivity index (χ2v) is 5.07. The van der Waals surface area contributed by atoms with Crippen LogP contribution in [0.1, 0.15) is 36.8 Å². The Bertz CT molecular complexity index is 474. The van der Waals surface area contributed by atoms with Gasteiger partial charge in [-0.15, -0.1) is 0 Å². The number of alkyl halides is 3. The van der Waals surface area contributed by atoms with Crippen LogP contribution in [0.4, 0.5) is 17.6 Å². The lowest BCUT2D eigenvalue weighted by molar-refractivity contribution is -0.140. The van der Waals surface area contributed by atoms with Crippen molar-refractivity contribution in [3.8, 4) is 0 Å². The average Bonchev–Trinajstić information content (AvgIpc) is 2.27. The highest BCUT2D eigenvalue weighted by Gasteiger charge is 2.40. The Hall–Kier alpha value is -1.14. The highest BCUT2D eigenvalue weighted by molar-refractivity contribution is 5.33. The lowest BCUT2D eigenvalue weighted by Crippen LogP contribution is -2.44. The van der Waals surface area contributed by atoms with E-state index < -0.39 is 29.2 Å². The monoisotopic (exact) mass is 277 g/mol. The van der Waals surface area contributed by atoms with E-state index in [-0.39, 0.29) is 12.0 Å². The SMILES string of the molecule is NC1(c2cccc(C(F)(F)F)c2F)CCCC(O)C1. The van der Waals surface area contributed by atoms with E-state index in [0.717, 1.165) is 6.07 Å². The average molecular weight is 277 g/mol. The molecule has 1 saturated carbocycles. The predicted molar refractivity (Wildman–Crippen MR) is 61.7 cm³/mol. The highest BCUT2D eigenvalue weighted by atomic mass is 19.4. The Morgan fingerprint density at radius 3 is 2.58 bits per heavy atom. The van der Waals surface area contributed by atoms with Gasteiger partial charge in [-0.3, -0.25) is 0 Å². The standard InChI is InChI=1S/C13H15F4NO/c14-11-9(4-1-5-10(11)13(15,16)17)12(18)6-2-3-8(19)7-12/h1,4-5,8,19H,2-3,6-7,18H2. The number of hydrogen-bond donors (Lipinski definition) is 2. The van der Waals surface area contributed by atoms with Crippen LogP contribution >= 0.6 is 0 Å². The zero-order chi connectivity index (χ0) is 14.3. The summed E-state index contributed by atoms with van der Waals surface area (Å²) in [6, 6.07) is 3.11. The van der Waals surface area contributed by atoms with Gasteiger partial charge < -0.3 is 10.8 Å². The van der Waals surface area contributed by atoms with E-state index in [9.17, 15) is 22.7 Å². The lowest BCUT2D eigenvalue weighted by Gasteiger charge is -2.37. The van der Waals surface area contributed by atoms with E-state index in [1.54, 1.807) is 0 Å². The third-order valence-corrected chi connectivity index (χ3v) is 3.60. The van der Waals surface area contributed by atoms with Gasteiger partial charge in [-0.2, -0.15) is 13.2 Å². The van der Waals surface area contributed by atoms with Crippen LogP contribution in [0.2, 0.25) is 0 Å². The molecular weight excluding hydrogens is 262 g/mol. The molecule has 2 unspecified atom stereocenters. The summed E-state index contributed by atoms with van der Waals surface area (Å²) in [4.78, 5) is 0. The molecule has 2 nitrogen and oxygen atoms in total. The second kappa shape index (κ2) is 4.76. The van der Waals surface area contributed by atoms with Gasteiger partial charge in [0.1, 0.15) is 5.82 Å². The predicted octanol–water partition coefficient (Wildman–Crippen LogP) is 2.93. The van der Waals surface area contributed by atoms with Crippen LogP contribution < -0.4 is 5.73 Å². The molecule has 0 radical (unpaired) electrons. The number of nitrogens with two attached hydrogens (primary N) is 1. The molecule has 0 aliphatic heterocycles. The number of aliphatic hydroxyl groups excluding tert-OH is 1. The molecule has 0 spiro atoms. The first-order valence-electron chi connectivity index (χ1n) is 6.07. The third kappa shape index (κ3) is 2.74. The minimum Gasteiger partial charge on any atom is -0.393 e. The second-order valence-electron chi connectivity index (χ2n) is 5.07. The topological polar surface area (TPSA) is 46.2 Å². The largest absolute Gasteiger partial charge is 0.419 e. The Balaban J connectivity index is 2.45. The Morgan fingerprint density at radius 2 is 2.00 bits per heavy atom. The van der Waals surface area contributed by atoms with E-state index in [4.69, 9.17) is 5.73 Å². The normalized spacial score (nSPS) is 28.4. The van der Waals surface area contributed by atoms with Gasteiger partial charge in [0.25, 0.3) is 0 Å². The maximum atomic E-state index is 14.0. The fourth-order valence-corrected chi connectivity index (χ4v) is 2.66. The van der Waals surface area contributed by atoms with Crippen molar-refractivity contribution in [1.29, 1.82) is 0 Å². The molecular formula is C13H15F4NO. The number of aliphatic hydroxyl groups is 1. The van der Waals surface area contributed by atoms with Crippen LogP contribution in [-0.2, 0) is 11.7 Å². The first-order valence-corrected chi connectivity index (χ1v) is 6.07. The van der Waals surface area contributed by atoms with Crippen molar-refractivity contribution in [1.82, 2.24) is 0 Å². The Morgan fingerprint density at radius 1 is 1.32 bits per heavy atom. The molecule has 0 heterocycles. The summed E-state index contributed by atoms with van der Waals surface area (Å²) in [5, 5.41) is 9.60. The van der Waals surface area contributed by atoms with Crippen LogP contribution in [0.15, 0.2) is 18.2 Å². The van der Waals surface area contributed by atoms with E-state index in [0.29, 0.717) is 25.3 Å². The van der Waals surface area contributed by atoms with Crippen molar-refractivity contribution in [3.05, 3.63) is 35.1 Å². The molecule has 1 aromatic rings. The van der Waals surface area contributed by atoms with Gasteiger partial charge in [-0.1, -0.05) is 12.1 Å². The molecule has 1 aromatic carbocycles. The first kappa shape index (κ1) is 14.3. The molecule has 1 aliphatic carbocycles. The van der Waals surface area contributed by atoms with Crippen LogP contribution in [0.25, 0.3) is 0 Å². The summed E-state index contributed by atoms with van der Waals surface area (Å²) in [6.07, 6.45) is -3.91. The molecule has 0 aromatic heterocycles. The summed E-state index contributed by atoms with van der Waals surface area (Å²) >= 11 is 0. The molecule has 2 atom stereocenters. The van der Waals surface area contributed by atoms with Gasteiger partial charge in [-0.05, 0) is 31.7 Å². The Kier molecular flexibility index (Phi) is 3.57. The summed E-state index contributed by atoms with van der Waals surface area (Å²) in [6.45, 7) is 0. The van der Waals surface area contributed by atoms with E-state index in [2.05, 4.69) is 0 Å². The minimum atomic E-state index is -4.75. The van der Waals surface area contributed by atoms with E-state index in [1.165, 1.54) is 6.07 Å². The lowest BCUT2D eigenvalue weighted by atomic mass is 9.75. The van der Waals surface area contributed by atoms with E-state index >= 15 is 0 Å². The van der Waals surface area contributed by atoms with Crippen LogP contribution in [0, 0.1) is 5.82 Å². The van der Waals surface area contributed by atoms with Crippen LogP contribution in [-0.4, -0.2) is 11.2 Å². The zero-order valence-electron chi connectivity index (χ0n) is 10.2. The molecule has 0 saturated heterocycles. The van der Waals surface area contributed by atoms with Gasteiger partial charge in [0.2, 0.25) is 0 Å². The smallest absolute Gasteiger partial charge is 0.393 e. The van der Waals surface area contributed by atoms with Crippen LogP contribution in [0.3, 0.4) is 0 Å². The summed E-state index contributed by atoms with van der Waals surface area (Å²) in [7, 11) is 0. The van der Waals surface area contributed by atoms with Gasteiger partial charge >= 0.3 is 6.18 Å². The Labute approximate surface area is 108 Å². The molecule has 1 aliphatic rings. The van der Waals surface area contributed by atoms with Crippen LogP contribution in [0.5, 0.6) is 0 Å². The molecule has 19 heavy (non-hydrogen) atoms. The summed E-state index contributed by atoms with van der Waals surface area (Å²) in [5.74, 6) is -1.33. The molecule has 6 heteroatoms. The van der Waals surface area contributed by atoms with Crippen molar-refractivity contribution in [3.63, 3.8) is 0 Å². The van der Waals surface area contributed by atoms with Gasteiger partial charge in [0.15, 0.2) is 0 Å². The fraction of sp³-hybridized carbons (Fsp3) is 0.538. The van der Waals surface area contributed by atoms with Gasteiger partial charge in [-0.25, -0.2) is 4.39 Å². The quantitative estimate of drug-likeness (QED) is 0.775. The van der Waals surface area contributed by atoms with Crippen molar-refractivity contribution < 1.29 is 22.7 Å². The number of hydrogen-bond acceptors (Lipinski definition) is 2. The number of halogens is 4. The molecule has 0 amide bonds. The van der Waals surface area contributed by atoms with Crippen molar-refractivity contribution in [2.45, 2.75) is 43.5 Å². The number of benzene rings is 1. The molecule has 2 rings (SSSR count). The maximum Gasteiger partial charge on any atom is 0.419 e. The fourth-order valence-electron chi connectivity index (χ4n) is 2.66. The first-order chi connectivity index (χ1) is 8.74. The molecule has 0 bridgehead atoms. The maximum absolute atomic E-state index is 14.0. The minimum absolute atomic E-state index is 0.0746. The van der Waals surface area contributed by atoms with Crippen molar-refractivity contribution in [2.24, 2.45) is 5.73 Å². The molecule has 3 N–H and O–H groups in total. The van der Waals surface area contributed by atoms with Gasteiger partial charge in [0.05, 0.1) is 11.7 Å². The summed E-state index contributed by atoms with van der Waals surface area (Å²) < 4.78 is 52.0. The van der Waals surface area contributed by atoms with E-state index in [1.807, 2.05) is 0 Å². The molecule has 1 fully saturated rings. The van der Waals surface area contributed by atoms with Gasteiger partial charge in [0, 0.05) is 11.1 Å². The molecule has 106 valence electrons. The highest BCUT2D eigenvalue weighted by Crippen LogP contribution is 2.40. The third-order valence-electron chi connectivity index (χ3n) is 3.60. The zero-order valence-corrected chi connectivity index (χ0v) is 10.2. The van der Waals surface area contributed by atoms with Crippen molar-refractivity contribution in [2.75, 3.05) is 0 Å². The number of rotatable bonds is 1.